The first-order valence-electron chi connectivity index (χ1n) is 28.6. The Balaban J connectivity index is 1.39. The maximum atomic E-state index is 15.8. The van der Waals surface area contributed by atoms with E-state index >= 15 is 9.59 Å². The number of hydrogen-bond donors (Lipinski definition) is 3. The summed E-state index contributed by atoms with van der Waals surface area (Å²) in [6.45, 7) is 32.9. The van der Waals surface area contributed by atoms with E-state index in [1.165, 1.54) is 7.11 Å². The number of methoxy groups -OCH3 is 1. The van der Waals surface area contributed by atoms with Crippen LogP contribution in [0.2, 0.25) is 0 Å². The van der Waals surface area contributed by atoms with Crippen LogP contribution in [0.5, 0.6) is 5.75 Å². The van der Waals surface area contributed by atoms with Gasteiger partial charge in [-0.3, -0.25) is 9.59 Å². The number of H-pyrrole nitrogens is 1. The Hall–Kier alpha value is -7.08. The van der Waals surface area contributed by atoms with E-state index in [1.807, 2.05) is 79.7 Å². The second-order valence-electron chi connectivity index (χ2n) is 27.2. The van der Waals surface area contributed by atoms with Crippen molar-refractivity contribution in [3.05, 3.63) is 143 Å². The predicted octanol–water partition coefficient (Wildman–Crippen LogP) is 15.5. The largest absolute Gasteiger partial charge is 0.496 e. The van der Waals surface area contributed by atoms with Crippen molar-refractivity contribution >= 4 is 52.6 Å². The smallest absolute Gasteiger partial charge is 0.343 e. The van der Waals surface area contributed by atoms with Crippen molar-refractivity contribution < 1.29 is 33.4 Å². The Morgan fingerprint density at radius 2 is 1.00 bits per heavy atom. The molecule has 2 fully saturated rings. The average Bonchev–Trinajstić information content (AvgIpc) is 3.93. The van der Waals surface area contributed by atoms with Gasteiger partial charge in [0.2, 0.25) is 0 Å². The van der Waals surface area contributed by atoms with Crippen LogP contribution in [0.4, 0.5) is 11.6 Å². The molecule has 2 heterocycles. The van der Waals surface area contributed by atoms with Crippen LogP contribution in [0, 0.1) is 64.1 Å². The van der Waals surface area contributed by atoms with E-state index in [4.69, 9.17) is 24.2 Å². The third-order valence-corrected chi connectivity index (χ3v) is 17.0. The highest BCUT2D eigenvalue weighted by Crippen LogP contribution is 2.52. The number of aliphatic imine (C=N–C) groups is 2. The molecule has 8 rings (SSSR count). The zero-order valence-corrected chi connectivity index (χ0v) is 50.1. The van der Waals surface area contributed by atoms with Gasteiger partial charge >= 0.3 is 11.9 Å². The van der Waals surface area contributed by atoms with Gasteiger partial charge in [0.25, 0.3) is 11.8 Å². The lowest BCUT2D eigenvalue weighted by molar-refractivity contribution is -0.164. The van der Waals surface area contributed by atoms with Gasteiger partial charge in [-0.05, 0) is 101 Å². The van der Waals surface area contributed by atoms with E-state index in [-0.39, 0.29) is 85.3 Å². The summed E-state index contributed by atoms with van der Waals surface area (Å²) < 4.78 is 19.6. The maximum Gasteiger partial charge on any atom is 0.343 e. The summed E-state index contributed by atoms with van der Waals surface area (Å²) in [5.74, 6) is -0.895. The number of anilines is 1. The van der Waals surface area contributed by atoms with Gasteiger partial charge in [0, 0.05) is 40.4 Å². The van der Waals surface area contributed by atoms with Crippen LogP contribution in [0.1, 0.15) is 165 Å². The topological polar surface area (TPSA) is 161 Å². The van der Waals surface area contributed by atoms with Crippen molar-refractivity contribution in [1.29, 1.82) is 0 Å². The van der Waals surface area contributed by atoms with Crippen LogP contribution in [0.15, 0.2) is 125 Å². The van der Waals surface area contributed by atoms with Gasteiger partial charge in [0.05, 0.1) is 12.7 Å². The van der Waals surface area contributed by atoms with Crippen LogP contribution >= 0.6 is 0 Å². The minimum Gasteiger partial charge on any atom is -0.496 e. The van der Waals surface area contributed by atoms with Crippen molar-refractivity contribution in [3.63, 3.8) is 0 Å². The number of para-hydroxylation sites is 1. The lowest BCUT2D eigenvalue weighted by Gasteiger charge is -2.50. The molecule has 3 aliphatic rings. The van der Waals surface area contributed by atoms with E-state index in [9.17, 15) is 9.59 Å². The van der Waals surface area contributed by atoms with Crippen molar-refractivity contribution in [1.82, 2.24) is 10.3 Å². The second kappa shape index (κ2) is 23.2. The summed E-state index contributed by atoms with van der Waals surface area (Å²) in [5, 5.41) is 6.10. The molecule has 0 saturated heterocycles. The summed E-state index contributed by atoms with van der Waals surface area (Å²) in [5.41, 5.74) is 2.46. The summed E-state index contributed by atoms with van der Waals surface area (Å²) in [6, 6.07) is 32.8. The fourth-order valence-electron chi connectivity index (χ4n) is 12.7. The van der Waals surface area contributed by atoms with E-state index < -0.39 is 36.0 Å². The SMILES string of the molecule is COc1ccccc1C(=O)NC1=NC(=Nc2[nH]c(NC(=O)c3ccccc3C)c(C(=O)OC3C(C(C)(C)C)CC(C)CC3C(C)(C)C)c2-c2ccccc2)C(c2ccccc2)=C1C(=O)OC1C(C(C)(C)C)CC(C)CC1C(C)(C)C. The van der Waals surface area contributed by atoms with E-state index in [0.29, 0.717) is 45.4 Å². The second-order valence-corrected chi connectivity index (χ2v) is 27.2. The highest BCUT2D eigenvalue weighted by atomic mass is 16.5. The number of hydrogen-bond acceptors (Lipinski definition) is 8. The quantitative estimate of drug-likeness (QED) is 0.111. The maximum absolute atomic E-state index is 15.8. The first-order chi connectivity index (χ1) is 37.6. The molecule has 2 amide bonds. The number of esters is 2. The molecule has 0 radical (unpaired) electrons. The summed E-state index contributed by atoms with van der Waals surface area (Å²) in [4.78, 5) is 74.6. The number of carbonyl (C=O) groups is 4. The van der Waals surface area contributed by atoms with Crippen molar-refractivity contribution in [2.75, 3.05) is 12.4 Å². The van der Waals surface area contributed by atoms with Gasteiger partial charge in [-0.2, -0.15) is 0 Å². The third-order valence-electron chi connectivity index (χ3n) is 17.0. The molecule has 1 aliphatic heterocycles. The normalized spacial score (nSPS) is 23.3. The number of aromatic amines is 1. The van der Waals surface area contributed by atoms with Crippen LogP contribution in [0.25, 0.3) is 16.7 Å². The lowest BCUT2D eigenvalue weighted by atomic mass is 9.59. The molecule has 2 aliphatic carbocycles. The molecular formula is C68H85N5O7. The highest BCUT2D eigenvalue weighted by molar-refractivity contribution is 6.45. The molecule has 12 heteroatoms. The van der Waals surface area contributed by atoms with Crippen molar-refractivity contribution in [3.8, 4) is 16.9 Å². The minimum absolute atomic E-state index is 0.00602. The van der Waals surface area contributed by atoms with Crippen LogP contribution in [0.3, 0.4) is 0 Å². The van der Waals surface area contributed by atoms with Crippen molar-refractivity contribution in [2.45, 2.75) is 142 Å². The molecule has 5 aromatic rings. The van der Waals surface area contributed by atoms with Gasteiger partial charge in [0.1, 0.15) is 40.7 Å². The first-order valence-corrected chi connectivity index (χ1v) is 28.6. The molecule has 1 aromatic heterocycles. The van der Waals surface area contributed by atoms with Gasteiger partial charge in [-0.25, -0.2) is 19.6 Å². The lowest BCUT2D eigenvalue weighted by Crippen LogP contribution is -2.50. The number of ether oxygens (including phenoxy) is 3. The molecule has 2 saturated carbocycles. The van der Waals surface area contributed by atoms with E-state index in [2.05, 4.69) is 113 Å². The molecule has 3 N–H and O–H groups in total. The number of nitrogens with one attached hydrogen (secondary N) is 3. The monoisotopic (exact) mass is 1080 g/mol. The Labute approximate surface area is 475 Å². The van der Waals surface area contributed by atoms with Crippen LogP contribution in [-0.4, -0.2) is 59.7 Å². The Bertz CT molecular complexity index is 3150. The highest BCUT2D eigenvalue weighted by Gasteiger charge is 2.51. The number of nitrogens with zero attached hydrogens (tertiary/aromatic N) is 2. The fourth-order valence-corrected chi connectivity index (χ4v) is 12.7. The number of rotatable bonds is 11. The summed E-state index contributed by atoms with van der Waals surface area (Å²) >= 11 is 0. The molecule has 4 atom stereocenters. The van der Waals surface area contributed by atoms with Gasteiger partial charge in [0.15, 0.2) is 11.7 Å². The molecule has 0 bridgehead atoms. The zero-order valence-electron chi connectivity index (χ0n) is 50.1. The molecule has 4 unspecified atom stereocenters. The first kappa shape index (κ1) is 59.1. The Kier molecular flexibility index (Phi) is 17.1. The molecule has 424 valence electrons. The van der Waals surface area contributed by atoms with Gasteiger partial charge < -0.3 is 29.8 Å². The Morgan fingerprint density at radius 1 is 0.562 bits per heavy atom. The van der Waals surface area contributed by atoms with Gasteiger partial charge in [-0.1, -0.05) is 188 Å². The molecular weight excluding hydrogens is 999 g/mol. The number of benzene rings is 4. The van der Waals surface area contributed by atoms with Crippen LogP contribution < -0.4 is 15.4 Å². The fraction of sp³-hybridized carbons (Fsp3) is 0.471. The Morgan fingerprint density at radius 3 is 1.49 bits per heavy atom. The van der Waals surface area contributed by atoms with E-state index in [1.54, 1.807) is 36.4 Å². The molecule has 80 heavy (non-hydrogen) atoms. The number of carbonyl (C=O) groups excluding carboxylic acids is 4. The number of aromatic nitrogens is 1. The molecule has 0 spiro atoms. The van der Waals surface area contributed by atoms with E-state index in [0.717, 1.165) is 31.2 Å². The molecule has 4 aromatic carbocycles. The minimum atomic E-state index is -0.662. The zero-order chi connectivity index (χ0) is 58.2. The number of aryl methyl sites for hydroxylation is 1. The molecule has 12 nitrogen and oxygen atoms in total. The van der Waals surface area contributed by atoms with Crippen molar-refractivity contribution in [2.24, 2.45) is 67.2 Å². The summed E-state index contributed by atoms with van der Waals surface area (Å²) in [6.07, 6.45) is 2.54. The third kappa shape index (κ3) is 12.7. The summed E-state index contributed by atoms with van der Waals surface area (Å²) in [7, 11) is 1.49. The van der Waals surface area contributed by atoms with Gasteiger partial charge in [-0.15, -0.1) is 0 Å². The average molecular weight is 1080 g/mol. The predicted molar refractivity (Wildman–Crippen MR) is 321 cm³/mol. The van der Waals surface area contributed by atoms with Crippen LogP contribution in [-0.2, 0) is 14.3 Å². The standard InChI is InChI=1S/C68H85N5O7/c1-39-35-46(65(4,5)6)55(47(36-39)66(7,8)9)79-63(76)53-51(42-28-19-17-20-29-42)57(70-59(53)72-61(74)44-32-24-23-27-41(44)3)69-58-52(43-30-21-18-22-31-43)54(60(71-58)73-62(75)45-33-25-26-34-50(45)78-16)64(77)80-56-48(67(10,11)12)37-40(2)38-49(56)68(13,14)15/h17-34,39-40,46-49,55-56,70H,35-38H2,1-16H3,(H,72,74)(H,69,71,73,75). The number of amides is 2. The number of amidine groups is 2.